The fraction of sp³-hybridized carbons (Fsp3) is 0.188. The first-order valence-electron chi connectivity index (χ1n) is 6.53. The van der Waals surface area contributed by atoms with E-state index >= 15 is 0 Å². The Morgan fingerprint density at radius 2 is 1.86 bits per heavy atom. The average Bonchev–Trinajstić information content (AvgIpc) is 2.47. The summed E-state index contributed by atoms with van der Waals surface area (Å²) in [5, 5.41) is 9.64. The Kier molecular flexibility index (Phi) is 4.52. The van der Waals surface area contributed by atoms with Gasteiger partial charge in [-0.2, -0.15) is 0 Å². The van der Waals surface area contributed by atoms with Gasteiger partial charge in [-0.3, -0.25) is 4.79 Å². The van der Waals surface area contributed by atoms with E-state index in [1.165, 1.54) is 12.1 Å². The Hall–Kier alpha value is -2.43. The number of halogens is 2. The number of rotatable bonds is 5. The van der Waals surface area contributed by atoms with Gasteiger partial charge in [0.15, 0.2) is 5.78 Å². The number of aromatic hydroxyl groups is 1. The molecule has 0 bridgehead atoms. The number of hydrogen-bond acceptors (Lipinski definition) is 3. The molecule has 21 heavy (non-hydrogen) atoms. The first-order chi connectivity index (χ1) is 10.0. The van der Waals surface area contributed by atoms with Crippen molar-refractivity contribution >= 4 is 11.5 Å². The topological polar surface area (TPSA) is 40.5 Å². The summed E-state index contributed by atoms with van der Waals surface area (Å²) >= 11 is 0. The molecule has 0 aliphatic heterocycles. The van der Waals surface area contributed by atoms with Gasteiger partial charge in [0.25, 0.3) is 0 Å². The predicted molar refractivity (Wildman–Crippen MR) is 76.7 cm³/mol. The third kappa shape index (κ3) is 3.56. The Labute approximate surface area is 121 Å². The Morgan fingerprint density at radius 3 is 2.52 bits per heavy atom. The van der Waals surface area contributed by atoms with Crippen LogP contribution < -0.4 is 4.90 Å². The van der Waals surface area contributed by atoms with Gasteiger partial charge in [0.2, 0.25) is 0 Å². The summed E-state index contributed by atoms with van der Waals surface area (Å²) in [7, 11) is 0. The fourth-order valence-corrected chi connectivity index (χ4v) is 2.05. The van der Waals surface area contributed by atoms with Crippen LogP contribution in [0.15, 0.2) is 42.5 Å². The van der Waals surface area contributed by atoms with E-state index in [2.05, 4.69) is 0 Å². The molecule has 3 nitrogen and oxygen atoms in total. The molecule has 0 aromatic heterocycles. The quantitative estimate of drug-likeness (QED) is 0.859. The number of phenols is 1. The van der Waals surface area contributed by atoms with Crippen molar-refractivity contribution in [2.45, 2.75) is 6.92 Å². The van der Waals surface area contributed by atoms with Crippen molar-refractivity contribution < 1.29 is 18.7 Å². The van der Waals surface area contributed by atoms with Gasteiger partial charge in [0, 0.05) is 12.2 Å². The van der Waals surface area contributed by atoms with Crippen molar-refractivity contribution in [2.75, 3.05) is 18.0 Å². The highest BCUT2D eigenvalue weighted by molar-refractivity contribution is 6.01. The van der Waals surface area contributed by atoms with Gasteiger partial charge >= 0.3 is 0 Å². The van der Waals surface area contributed by atoms with Crippen molar-refractivity contribution in [3.8, 4) is 5.75 Å². The van der Waals surface area contributed by atoms with Gasteiger partial charge in [0.1, 0.15) is 17.4 Å². The predicted octanol–water partition coefficient (Wildman–Crippen LogP) is 3.38. The summed E-state index contributed by atoms with van der Waals surface area (Å²) in [5.41, 5.74) is 0.478. The molecule has 2 aromatic rings. The Morgan fingerprint density at radius 1 is 1.14 bits per heavy atom. The maximum Gasteiger partial charge on any atom is 0.185 e. The van der Waals surface area contributed by atoms with Gasteiger partial charge < -0.3 is 10.0 Å². The van der Waals surface area contributed by atoms with Crippen molar-refractivity contribution in [1.29, 1.82) is 0 Å². The molecule has 1 N–H and O–H groups in total. The molecule has 2 aromatic carbocycles. The summed E-state index contributed by atoms with van der Waals surface area (Å²) in [6.07, 6.45) is 0. The normalized spacial score (nSPS) is 10.4. The molecular weight excluding hydrogens is 276 g/mol. The molecule has 0 radical (unpaired) electrons. The van der Waals surface area contributed by atoms with Crippen LogP contribution >= 0.6 is 0 Å². The summed E-state index contributed by atoms with van der Waals surface area (Å²) in [4.78, 5) is 13.8. The number of carbonyl (C=O) groups is 1. The molecule has 0 saturated heterocycles. The Balaban J connectivity index is 2.22. The minimum absolute atomic E-state index is 0.0725. The van der Waals surface area contributed by atoms with Crippen LogP contribution in [0.4, 0.5) is 14.5 Å². The number of likely N-dealkylation sites (N-methyl/N-ethyl adjacent to an activating group) is 1. The summed E-state index contributed by atoms with van der Waals surface area (Å²) < 4.78 is 26.4. The van der Waals surface area contributed by atoms with Crippen LogP contribution in [-0.4, -0.2) is 24.0 Å². The SMILES string of the molecule is CCN(CC(=O)c1cc(F)ccc1O)c1cccc(F)c1. The molecule has 0 unspecified atom stereocenters. The second kappa shape index (κ2) is 6.35. The van der Waals surface area contributed by atoms with E-state index in [9.17, 15) is 18.7 Å². The fourth-order valence-electron chi connectivity index (χ4n) is 2.05. The maximum absolute atomic E-state index is 13.2. The zero-order valence-corrected chi connectivity index (χ0v) is 11.5. The number of hydrogen-bond donors (Lipinski definition) is 1. The molecule has 0 saturated carbocycles. The molecule has 5 heteroatoms. The monoisotopic (exact) mass is 291 g/mol. The third-order valence-electron chi connectivity index (χ3n) is 3.15. The van der Waals surface area contributed by atoms with Crippen LogP contribution in [0.25, 0.3) is 0 Å². The number of phenolic OH excluding ortho intramolecular Hbond substituents is 1. The molecule has 0 spiro atoms. The standard InChI is InChI=1S/C16H15F2NO2/c1-2-19(13-5-3-4-11(17)8-13)10-16(21)14-9-12(18)6-7-15(14)20/h3-9,20H,2,10H2,1H3. The second-order valence-electron chi connectivity index (χ2n) is 4.58. The molecular formula is C16H15F2NO2. The number of ketones is 1. The lowest BCUT2D eigenvalue weighted by Crippen LogP contribution is -2.29. The van der Waals surface area contributed by atoms with E-state index < -0.39 is 17.4 Å². The number of benzene rings is 2. The molecule has 0 atom stereocenters. The van der Waals surface area contributed by atoms with Crippen LogP contribution in [0.3, 0.4) is 0 Å². The molecule has 0 heterocycles. The zero-order valence-electron chi connectivity index (χ0n) is 11.5. The highest BCUT2D eigenvalue weighted by Crippen LogP contribution is 2.21. The van der Waals surface area contributed by atoms with Gasteiger partial charge in [-0.25, -0.2) is 8.78 Å². The van der Waals surface area contributed by atoms with Gasteiger partial charge in [-0.1, -0.05) is 6.07 Å². The number of carbonyl (C=O) groups excluding carboxylic acids is 1. The van der Waals surface area contributed by atoms with Gasteiger partial charge in [0.05, 0.1) is 12.1 Å². The molecule has 0 aliphatic carbocycles. The average molecular weight is 291 g/mol. The van der Waals surface area contributed by atoms with Crippen molar-refractivity contribution in [1.82, 2.24) is 0 Å². The van der Waals surface area contributed by atoms with Crippen LogP contribution in [0, 0.1) is 11.6 Å². The van der Waals surface area contributed by atoms with E-state index in [1.807, 2.05) is 6.92 Å². The van der Waals surface area contributed by atoms with Crippen LogP contribution in [0.5, 0.6) is 5.75 Å². The number of anilines is 1. The van der Waals surface area contributed by atoms with E-state index in [4.69, 9.17) is 0 Å². The largest absolute Gasteiger partial charge is 0.507 e. The molecule has 2 rings (SSSR count). The lowest BCUT2D eigenvalue weighted by molar-refractivity contribution is 0.0996. The molecule has 0 amide bonds. The molecule has 0 aliphatic rings. The maximum atomic E-state index is 13.2. The Bertz CT molecular complexity index is 658. The summed E-state index contributed by atoms with van der Waals surface area (Å²) in [6, 6.07) is 9.09. The lowest BCUT2D eigenvalue weighted by atomic mass is 10.1. The zero-order chi connectivity index (χ0) is 15.4. The van der Waals surface area contributed by atoms with E-state index in [1.54, 1.807) is 17.0 Å². The second-order valence-corrected chi connectivity index (χ2v) is 4.58. The van der Waals surface area contributed by atoms with Crippen molar-refractivity contribution in [2.24, 2.45) is 0 Å². The first kappa shape index (κ1) is 15.0. The van der Waals surface area contributed by atoms with Crippen molar-refractivity contribution in [3.63, 3.8) is 0 Å². The smallest absolute Gasteiger partial charge is 0.185 e. The van der Waals surface area contributed by atoms with E-state index in [-0.39, 0.29) is 17.9 Å². The summed E-state index contributed by atoms with van der Waals surface area (Å²) in [5.74, 6) is -1.69. The summed E-state index contributed by atoms with van der Waals surface area (Å²) in [6.45, 7) is 2.23. The minimum Gasteiger partial charge on any atom is -0.507 e. The first-order valence-corrected chi connectivity index (χ1v) is 6.53. The lowest BCUT2D eigenvalue weighted by Gasteiger charge is -2.22. The third-order valence-corrected chi connectivity index (χ3v) is 3.15. The van der Waals surface area contributed by atoms with E-state index in [0.717, 1.165) is 18.2 Å². The van der Waals surface area contributed by atoms with Gasteiger partial charge in [-0.15, -0.1) is 0 Å². The molecule has 0 fully saturated rings. The van der Waals surface area contributed by atoms with Crippen LogP contribution in [-0.2, 0) is 0 Å². The highest BCUT2D eigenvalue weighted by atomic mass is 19.1. The van der Waals surface area contributed by atoms with Crippen LogP contribution in [0.2, 0.25) is 0 Å². The van der Waals surface area contributed by atoms with Crippen LogP contribution in [0.1, 0.15) is 17.3 Å². The highest BCUT2D eigenvalue weighted by Gasteiger charge is 2.16. The number of Topliss-reactive ketones (excluding diaryl/α,β-unsaturated/α-hetero) is 1. The minimum atomic E-state index is -0.593. The number of nitrogens with zero attached hydrogens (tertiary/aromatic N) is 1. The molecule has 110 valence electrons. The van der Waals surface area contributed by atoms with E-state index in [0.29, 0.717) is 12.2 Å². The van der Waals surface area contributed by atoms with Crippen molar-refractivity contribution in [3.05, 3.63) is 59.7 Å². The van der Waals surface area contributed by atoms with Gasteiger partial charge in [-0.05, 0) is 43.3 Å².